The number of carbonyl (C=O) groups is 1. The molecule has 0 aromatic carbocycles. The maximum absolute atomic E-state index is 12.0. The van der Waals surface area contributed by atoms with Crippen molar-refractivity contribution in [2.24, 2.45) is 0 Å². The number of rotatable bonds is 2. The van der Waals surface area contributed by atoms with Crippen LogP contribution < -0.4 is 0 Å². The molecular formula is C4F9NO. The van der Waals surface area contributed by atoms with Crippen molar-refractivity contribution < 1.29 is 44.3 Å². The van der Waals surface area contributed by atoms with Gasteiger partial charge in [0.2, 0.25) is 0 Å². The summed E-state index contributed by atoms with van der Waals surface area (Å²) in [5.41, 5.74) is 0. The van der Waals surface area contributed by atoms with Crippen molar-refractivity contribution in [2.75, 3.05) is 0 Å². The lowest BCUT2D eigenvalue weighted by molar-refractivity contribution is -0.430. The smallest absolute Gasteiger partial charge is 0.252 e. The molecule has 0 bridgehead atoms. The first-order valence-electron chi connectivity index (χ1n) is 2.83. The van der Waals surface area contributed by atoms with E-state index in [4.69, 9.17) is 0 Å². The van der Waals surface area contributed by atoms with Crippen LogP contribution in [0.2, 0.25) is 0 Å². The Hall–Kier alpha value is -1.00. The molecule has 0 rings (SSSR count). The number of hydrogen-bond acceptors (Lipinski definition) is 2. The molecule has 0 radical (unpaired) electrons. The highest BCUT2D eigenvalue weighted by Crippen LogP contribution is 2.42. The summed E-state index contributed by atoms with van der Waals surface area (Å²) >= 11 is 0. The van der Waals surface area contributed by atoms with Crippen molar-refractivity contribution in [3.63, 3.8) is 0 Å². The lowest BCUT2D eigenvalue weighted by Gasteiger charge is -2.30. The normalized spacial score (nSPS) is 14.5. The molecule has 0 saturated carbocycles. The highest BCUT2D eigenvalue weighted by Gasteiger charge is 2.69. The zero-order valence-corrected chi connectivity index (χ0v) is 6.26. The second-order valence-electron chi connectivity index (χ2n) is 2.09. The van der Waals surface area contributed by atoms with Crippen molar-refractivity contribution in [3.05, 3.63) is 0 Å². The summed E-state index contributed by atoms with van der Waals surface area (Å²) in [5.74, 6) is 0. The Labute approximate surface area is 75.2 Å². The zero-order chi connectivity index (χ0) is 12.7. The largest absolute Gasteiger partial charge is 0.472 e. The minimum Gasteiger partial charge on any atom is -0.252 e. The van der Waals surface area contributed by atoms with Gasteiger partial charge in [-0.15, -0.1) is 0 Å². The summed E-state index contributed by atoms with van der Waals surface area (Å²) in [6, 6.07) is -10.4. The van der Waals surface area contributed by atoms with Gasteiger partial charge < -0.3 is 0 Å². The average molecular weight is 249 g/mol. The number of nitrogens with zero attached hydrogens (tertiary/aromatic N) is 1. The van der Waals surface area contributed by atoms with Gasteiger partial charge in [-0.25, -0.2) is 0 Å². The van der Waals surface area contributed by atoms with Gasteiger partial charge in [0.05, 0.1) is 0 Å². The van der Waals surface area contributed by atoms with Gasteiger partial charge in [0.1, 0.15) is 0 Å². The first kappa shape index (κ1) is 14.0. The predicted octanol–water partition coefficient (Wildman–Crippen LogP) is 2.42. The molecule has 0 amide bonds. The summed E-state index contributed by atoms with van der Waals surface area (Å²) in [4.78, 5) is 5.92. The Kier molecular flexibility index (Phi) is 3.30. The molecule has 0 aliphatic carbocycles. The molecule has 0 unspecified atom stereocenters. The third-order valence-corrected chi connectivity index (χ3v) is 1.02. The summed E-state index contributed by atoms with van der Waals surface area (Å²) in [6.07, 6.45) is -13.3. The Morgan fingerprint density at radius 2 is 1.07 bits per heavy atom. The predicted molar refractivity (Wildman–Crippen MR) is 25.0 cm³/mol. The van der Waals surface area contributed by atoms with Crippen LogP contribution in [-0.4, -0.2) is 29.6 Å². The molecule has 0 N–H and O–H groups in total. The Morgan fingerprint density at radius 3 is 1.13 bits per heavy atom. The van der Waals surface area contributed by atoms with E-state index in [1.165, 1.54) is 0 Å². The van der Waals surface area contributed by atoms with E-state index in [2.05, 4.69) is 0 Å². The summed E-state index contributed by atoms with van der Waals surface area (Å²) < 4.78 is 104. The second kappa shape index (κ2) is 3.54. The maximum Gasteiger partial charge on any atom is 0.472 e. The molecule has 0 aromatic rings. The number of carbonyl (C=O) groups excluding carboxylic acids is 1. The molecule has 11 heteroatoms. The monoisotopic (exact) mass is 249 g/mol. The van der Waals surface area contributed by atoms with Crippen molar-refractivity contribution in [3.8, 4) is 0 Å². The molecule has 0 aliphatic rings. The lowest BCUT2D eigenvalue weighted by atomic mass is 10.5. The summed E-state index contributed by atoms with van der Waals surface area (Å²) in [6.45, 7) is 0. The lowest BCUT2D eigenvalue weighted by Crippen LogP contribution is -2.60. The van der Waals surface area contributed by atoms with Crippen LogP contribution in [0.25, 0.3) is 0 Å². The van der Waals surface area contributed by atoms with Crippen LogP contribution in [0.1, 0.15) is 0 Å². The molecule has 0 aliphatic heterocycles. The number of alkyl halides is 8. The molecule has 90 valence electrons. The van der Waals surface area contributed by atoms with Crippen LogP contribution in [-0.2, 0) is 4.79 Å². The van der Waals surface area contributed by atoms with E-state index in [1.807, 2.05) is 0 Å². The highest BCUT2D eigenvalue weighted by atomic mass is 19.4. The number of hydrogen-bond donors (Lipinski definition) is 0. The van der Waals surface area contributed by atoms with E-state index in [-0.39, 0.29) is 0 Å². The summed E-state index contributed by atoms with van der Waals surface area (Å²) in [7, 11) is 0. The van der Waals surface area contributed by atoms with Gasteiger partial charge in [-0.1, -0.05) is 0 Å². The van der Waals surface area contributed by atoms with Crippen molar-refractivity contribution >= 4 is 6.04 Å². The zero-order valence-electron chi connectivity index (χ0n) is 6.26. The van der Waals surface area contributed by atoms with Crippen LogP contribution in [0.4, 0.5) is 39.5 Å². The summed E-state index contributed by atoms with van der Waals surface area (Å²) in [5, 5.41) is 0. The molecular weight excluding hydrogens is 249 g/mol. The molecule has 15 heavy (non-hydrogen) atoms. The van der Waals surface area contributed by atoms with Crippen LogP contribution in [0.5, 0.6) is 0 Å². The van der Waals surface area contributed by atoms with Crippen molar-refractivity contribution in [1.29, 1.82) is 0 Å². The van der Waals surface area contributed by atoms with Crippen LogP contribution in [0, 0.1) is 0 Å². The third-order valence-electron chi connectivity index (χ3n) is 1.02. The van der Waals surface area contributed by atoms with Gasteiger partial charge in [0.15, 0.2) is 0 Å². The Balaban J connectivity index is 5.43. The Bertz CT molecular complexity index is 238. The molecule has 0 fully saturated rings. The van der Waals surface area contributed by atoms with Gasteiger partial charge in [0, 0.05) is 0 Å². The second-order valence-corrected chi connectivity index (χ2v) is 2.09. The minimum atomic E-state index is -6.64. The maximum atomic E-state index is 12.0. The van der Waals surface area contributed by atoms with E-state index < -0.39 is 29.6 Å². The third kappa shape index (κ3) is 2.97. The van der Waals surface area contributed by atoms with Crippen molar-refractivity contribution in [1.82, 2.24) is 4.90 Å². The van der Waals surface area contributed by atoms with E-state index >= 15 is 0 Å². The van der Waals surface area contributed by atoms with Gasteiger partial charge >= 0.3 is 24.7 Å². The van der Waals surface area contributed by atoms with E-state index in [1.54, 1.807) is 0 Å². The van der Waals surface area contributed by atoms with Gasteiger partial charge in [-0.2, -0.15) is 39.5 Å². The standard InChI is InChI=1S/C4F9NO/c5-1(15)2(6,7)14(3(8,9)10)4(11,12)13. The van der Waals surface area contributed by atoms with Gasteiger partial charge in [0.25, 0.3) is 0 Å². The molecule has 0 saturated heterocycles. The quantitative estimate of drug-likeness (QED) is 0.425. The molecule has 2 nitrogen and oxygen atoms in total. The highest BCUT2D eigenvalue weighted by molar-refractivity contribution is 5.75. The molecule has 0 aromatic heterocycles. The first-order valence-corrected chi connectivity index (χ1v) is 2.83. The fourth-order valence-electron chi connectivity index (χ4n) is 0.550. The minimum absolute atomic E-state index is 3.42. The average Bonchev–Trinajstić information content (AvgIpc) is 1.76. The van der Waals surface area contributed by atoms with Gasteiger partial charge in [-0.3, -0.25) is 4.79 Å². The molecule has 0 heterocycles. The van der Waals surface area contributed by atoms with E-state index in [0.717, 1.165) is 0 Å². The van der Waals surface area contributed by atoms with E-state index in [0.29, 0.717) is 0 Å². The van der Waals surface area contributed by atoms with Crippen LogP contribution >= 0.6 is 0 Å². The molecule has 0 spiro atoms. The number of halogens is 9. The van der Waals surface area contributed by atoms with Crippen molar-refractivity contribution in [2.45, 2.75) is 18.6 Å². The fraction of sp³-hybridized carbons (Fsp3) is 0.750. The topological polar surface area (TPSA) is 20.3 Å². The Morgan fingerprint density at radius 1 is 0.800 bits per heavy atom. The molecule has 0 atom stereocenters. The SMILES string of the molecule is O=C(F)C(F)(F)N(C(F)(F)F)C(F)(F)F. The van der Waals surface area contributed by atoms with Crippen LogP contribution in [0.3, 0.4) is 0 Å². The van der Waals surface area contributed by atoms with Gasteiger partial charge in [-0.05, 0) is 4.90 Å². The fourth-order valence-corrected chi connectivity index (χ4v) is 0.550. The first-order chi connectivity index (χ1) is 6.31. The van der Waals surface area contributed by atoms with Crippen LogP contribution in [0.15, 0.2) is 0 Å². The van der Waals surface area contributed by atoms with E-state index in [9.17, 15) is 44.3 Å².